The first-order valence-corrected chi connectivity index (χ1v) is 8.90. The number of nitrogens with two attached hydrogens (primary N) is 1. The van der Waals surface area contributed by atoms with Crippen molar-refractivity contribution < 1.29 is 0 Å². The SMILES string of the molecule is CC(C)CCN(CCC(C)C)CC1(CN)CCCCC1. The van der Waals surface area contributed by atoms with Crippen LogP contribution in [0.3, 0.4) is 0 Å². The van der Waals surface area contributed by atoms with Crippen LogP contribution in [-0.4, -0.2) is 31.1 Å². The molecular weight excluding hydrogens is 244 g/mol. The van der Waals surface area contributed by atoms with Crippen LogP contribution in [0.5, 0.6) is 0 Å². The lowest BCUT2D eigenvalue weighted by Crippen LogP contribution is -2.45. The van der Waals surface area contributed by atoms with Crippen LogP contribution in [0, 0.1) is 17.3 Å². The summed E-state index contributed by atoms with van der Waals surface area (Å²) in [7, 11) is 0. The molecule has 0 heterocycles. The molecule has 120 valence electrons. The molecule has 1 aliphatic rings. The zero-order chi connectivity index (χ0) is 15.0. The molecule has 0 unspecified atom stereocenters. The fraction of sp³-hybridized carbons (Fsp3) is 1.00. The summed E-state index contributed by atoms with van der Waals surface area (Å²) in [4.78, 5) is 2.72. The van der Waals surface area contributed by atoms with Gasteiger partial charge in [-0.1, -0.05) is 47.0 Å². The Morgan fingerprint density at radius 3 is 1.80 bits per heavy atom. The van der Waals surface area contributed by atoms with E-state index >= 15 is 0 Å². The topological polar surface area (TPSA) is 29.3 Å². The maximum absolute atomic E-state index is 6.17. The maximum atomic E-state index is 6.17. The van der Waals surface area contributed by atoms with E-state index in [0.29, 0.717) is 5.41 Å². The fourth-order valence-corrected chi connectivity index (χ4v) is 3.35. The van der Waals surface area contributed by atoms with Gasteiger partial charge in [-0.2, -0.15) is 0 Å². The quantitative estimate of drug-likeness (QED) is 0.683. The minimum absolute atomic E-state index is 0.423. The van der Waals surface area contributed by atoms with Gasteiger partial charge in [-0.3, -0.25) is 0 Å². The molecule has 0 atom stereocenters. The third kappa shape index (κ3) is 6.58. The molecule has 0 aromatic carbocycles. The van der Waals surface area contributed by atoms with Crippen molar-refractivity contribution in [3.05, 3.63) is 0 Å². The van der Waals surface area contributed by atoms with Crippen molar-refractivity contribution in [2.24, 2.45) is 23.0 Å². The molecule has 0 radical (unpaired) electrons. The monoisotopic (exact) mass is 282 g/mol. The summed E-state index contributed by atoms with van der Waals surface area (Å²) in [5, 5.41) is 0. The van der Waals surface area contributed by atoms with E-state index in [-0.39, 0.29) is 0 Å². The highest BCUT2D eigenvalue weighted by molar-refractivity contribution is 4.87. The number of rotatable bonds is 9. The summed E-state index contributed by atoms with van der Waals surface area (Å²) in [6, 6.07) is 0. The first-order valence-electron chi connectivity index (χ1n) is 8.90. The van der Waals surface area contributed by atoms with E-state index in [0.717, 1.165) is 18.4 Å². The predicted octanol–water partition coefficient (Wildman–Crippen LogP) is 4.29. The lowest BCUT2D eigenvalue weighted by molar-refractivity contribution is 0.104. The van der Waals surface area contributed by atoms with E-state index in [2.05, 4.69) is 32.6 Å². The standard InChI is InChI=1S/C18H38N2/c1-16(2)8-12-20(13-9-17(3)4)15-18(14-19)10-6-5-7-11-18/h16-17H,5-15,19H2,1-4H3. The van der Waals surface area contributed by atoms with Crippen molar-refractivity contribution in [2.45, 2.75) is 72.6 Å². The fourth-order valence-electron chi connectivity index (χ4n) is 3.35. The van der Waals surface area contributed by atoms with Crippen molar-refractivity contribution in [3.8, 4) is 0 Å². The second-order valence-electron chi connectivity index (χ2n) is 7.91. The number of nitrogens with zero attached hydrogens (tertiary/aromatic N) is 1. The Labute approximate surface area is 127 Å². The van der Waals surface area contributed by atoms with Gasteiger partial charge in [0.25, 0.3) is 0 Å². The molecule has 2 nitrogen and oxygen atoms in total. The summed E-state index contributed by atoms with van der Waals surface area (Å²) in [6.45, 7) is 14.0. The number of hydrogen-bond acceptors (Lipinski definition) is 2. The smallest absolute Gasteiger partial charge is 0.00501 e. The third-order valence-electron chi connectivity index (χ3n) is 4.95. The minimum Gasteiger partial charge on any atom is -0.330 e. The maximum Gasteiger partial charge on any atom is 0.00501 e. The molecule has 0 amide bonds. The van der Waals surface area contributed by atoms with E-state index in [4.69, 9.17) is 5.73 Å². The highest BCUT2D eigenvalue weighted by Gasteiger charge is 2.32. The normalized spacial score (nSPS) is 19.2. The molecule has 0 aliphatic heterocycles. The first-order chi connectivity index (χ1) is 9.47. The summed E-state index contributed by atoms with van der Waals surface area (Å²) < 4.78 is 0. The van der Waals surface area contributed by atoms with Crippen LogP contribution in [0.4, 0.5) is 0 Å². The molecule has 1 rings (SSSR count). The number of hydrogen-bond donors (Lipinski definition) is 1. The van der Waals surface area contributed by atoms with Crippen molar-refractivity contribution in [3.63, 3.8) is 0 Å². The molecule has 1 aliphatic carbocycles. The molecule has 0 aromatic heterocycles. The van der Waals surface area contributed by atoms with Gasteiger partial charge in [0.05, 0.1) is 0 Å². The van der Waals surface area contributed by atoms with Gasteiger partial charge in [0, 0.05) is 6.54 Å². The molecule has 1 saturated carbocycles. The molecule has 2 N–H and O–H groups in total. The third-order valence-corrected chi connectivity index (χ3v) is 4.95. The molecular formula is C18H38N2. The second-order valence-corrected chi connectivity index (χ2v) is 7.91. The average molecular weight is 283 g/mol. The lowest BCUT2D eigenvalue weighted by atomic mass is 9.73. The van der Waals surface area contributed by atoms with Crippen LogP contribution in [0.1, 0.15) is 72.6 Å². The van der Waals surface area contributed by atoms with Crippen molar-refractivity contribution in [1.29, 1.82) is 0 Å². The van der Waals surface area contributed by atoms with E-state index in [1.54, 1.807) is 0 Å². The van der Waals surface area contributed by atoms with E-state index < -0.39 is 0 Å². The molecule has 0 saturated heterocycles. The minimum atomic E-state index is 0.423. The van der Waals surface area contributed by atoms with Gasteiger partial charge in [-0.15, -0.1) is 0 Å². The van der Waals surface area contributed by atoms with Gasteiger partial charge < -0.3 is 10.6 Å². The Hall–Kier alpha value is -0.0800. The van der Waals surface area contributed by atoms with Crippen LogP contribution in [0.2, 0.25) is 0 Å². The highest BCUT2D eigenvalue weighted by Crippen LogP contribution is 2.36. The van der Waals surface area contributed by atoms with E-state index in [1.807, 2.05) is 0 Å². The van der Waals surface area contributed by atoms with Crippen LogP contribution in [0.25, 0.3) is 0 Å². The zero-order valence-electron chi connectivity index (χ0n) is 14.5. The molecule has 2 heteroatoms. The average Bonchev–Trinajstić information content (AvgIpc) is 2.42. The molecule has 20 heavy (non-hydrogen) atoms. The summed E-state index contributed by atoms with van der Waals surface area (Å²) in [5.74, 6) is 1.61. The van der Waals surface area contributed by atoms with Gasteiger partial charge in [0.1, 0.15) is 0 Å². The van der Waals surface area contributed by atoms with Gasteiger partial charge in [-0.25, -0.2) is 0 Å². The second kappa shape index (κ2) is 9.04. The van der Waals surface area contributed by atoms with Gasteiger partial charge >= 0.3 is 0 Å². The Morgan fingerprint density at radius 2 is 1.40 bits per heavy atom. The van der Waals surface area contributed by atoms with Crippen molar-refractivity contribution in [1.82, 2.24) is 4.90 Å². The molecule has 1 fully saturated rings. The van der Waals surface area contributed by atoms with Crippen LogP contribution in [-0.2, 0) is 0 Å². The molecule has 0 spiro atoms. The first kappa shape index (κ1) is 18.0. The molecule has 0 aromatic rings. The Kier molecular flexibility index (Phi) is 8.13. The Morgan fingerprint density at radius 1 is 0.900 bits per heavy atom. The van der Waals surface area contributed by atoms with Gasteiger partial charge in [0.15, 0.2) is 0 Å². The van der Waals surface area contributed by atoms with Gasteiger partial charge in [-0.05, 0) is 62.6 Å². The van der Waals surface area contributed by atoms with Crippen LogP contribution in [0.15, 0.2) is 0 Å². The summed E-state index contributed by atoms with van der Waals surface area (Å²) in [6.07, 6.45) is 9.53. The zero-order valence-corrected chi connectivity index (χ0v) is 14.5. The molecule has 0 bridgehead atoms. The Balaban J connectivity index is 2.55. The van der Waals surface area contributed by atoms with Crippen LogP contribution >= 0.6 is 0 Å². The summed E-state index contributed by atoms with van der Waals surface area (Å²) >= 11 is 0. The van der Waals surface area contributed by atoms with E-state index in [9.17, 15) is 0 Å². The summed E-state index contributed by atoms with van der Waals surface area (Å²) in [5.41, 5.74) is 6.59. The van der Waals surface area contributed by atoms with Crippen LogP contribution < -0.4 is 5.73 Å². The lowest BCUT2D eigenvalue weighted by Gasteiger charge is -2.41. The van der Waals surface area contributed by atoms with Gasteiger partial charge in [0.2, 0.25) is 0 Å². The van der Waals surface area contributed by atoms with Crippen molar-refractivity contribution in [2.75, 3.05) is 26.2 Å². The highest BCUT2D eigenvalue weighted by atomic mass is 15.1. The Bertz CT molecular complexity index is 230. The predicted molar refractivity (Wildman–Crippen MR) is 89.9 cm³/mol. The van der Waals surface area contributed by atoms with Crippen molar-refractivity contribution >= 4 is 0 Å². The van der Waals surface area contributed by atoms with E-state index in [1.165, 1.54) is 64.6 Å². The largest absolute Gasteiger partial charge is 0.330 e.